The van der Waals surface area contributed by atoms with Gasteiger partial charge >= 0.3 is 0 Å². The molecule has 0 spiro atoms. The van der Waals surface area contributed by atoms with Crippen molar-refractivity contribution in [3.05, 3.63) is 46.7 Å². The predicted molar refractivity (Wildman–Crippen MR) is 69.7 cm³/mol. The Balaban J connectivity index is 2.22. The fourth-order valence-corrected chi connectivity index (χ4v) is 1.69. The van der Waals surface area contributed by atoms with Crippen LogP contribution in [0.25, 0.3) is 0 Å². The molecule has 0 aliphatic carbocycles. The summed E-state index contributed by atoms with van der Waals surface area (Å²) < 4.78 is 0.654. The standard InChI is InChI=1S/C12H9BrN2O3/c13-8-6-14-4-3-9(8)15-12(18)7-1-2-10(16)11(17)5-7/h1-6,16-17H,(H,14,15,18). The fourth-order valence-electron chi connectivity index (χ4n) is 1.34. The number of amides is 1. The quantitative estimate of drug-likeness (QED) is 0.744. The first-order valence-electron chi connectivity index (χ1n) is 5.01. The van der Waals surface area contributed by atoms with E-state index in [-0.39, 0.29) is 17.1 Å². The number of rotatable bonds is 2. The number of nitrogens with one attached hydrogen (secondary N) is 1. The molecule has 0 saturated carbocycles. The van der Waals surface area contributed by atoms with E-state index in [9.17, 15) is 9.90 Å². The molecule has 0 bridgehead atoms. The van der Waals surface area contributed by atoms with Crippen molar-refractivity contribution in [2.45, 2.75) is 0 Å². The van der Waals surface area contributed by atoms with Gasteiger partial charge in [-0.25, -0.2) is 0 Å². The van der Waals surface area contributed by atoms with Gasteiger partial charge in [0.25, 0.3) is 5.91 Å². The maximum absolute atomic E-state index is 11.9. The van der Waals surface area contributed by atoms with Crippen molar-refractivity contribution in [1.82, 2.24) is 4.98 Å². The number of carbonyl (C=O) groups is 1. The van der Waals surface area contributed by atoms with E-state index >= 15 is 0 Å². The third kappa shape index (κ3) is 2.60. The van der Waals surface area contributed by atoms with Gasteiger partial charge in [-0.05, 0) is 40.2 Å². The van der Waals surface area contributed by atoms with E-state index in [4.69, 9.17) is 5.11 Å². The summed E-state index contributed by atoms with van der Waals surface area (Å²) in [5.41, 5.74) is 0.816. The highest BCUT2D eigenvalue weighted by molar-refractivity contribution is 9.10. The lowest BCUT2D eigenvalue weighted by molar-refractivity contribution is 0.102. The number of phenols is 2. The van der Waals surface area contributed by atoms with E-state index in [1.54, 1.807) is 18.5 Å². The van der Waals surface area contributed by atoms with Crippen LogP contribution in [0.4, 0.5) is 5.69 Å². The highest BCUT2D eigenvalue weighted by atomic mass is 79.9. The van der Waals surface area contributed by atoms with E-state index in [1.807, 2.05) is 0 Å². The fraction of sp³-hybridized carbons (Fsp3) is 0. The smallest absolute Gasteiger partial charge is 0.255 e. The van der Waals surface area contributed by atoms with Gasteiger partial charge in [0.1, 0.15) is 0 Å². The Bertz CT molecular complexity index is 602. The summed E-state index contributed by atoms with van der Waals surface area (Å²) in [7, 11) is 0. The van der Waals surface area contributed by atoms with Crippen LogP contribution < -0.4 is 5.32 Å². The van der Waals surface area contributed by atoms with Gasteiger partial charge in [0.2, 0.25) is 0 Å². The first-order chi connectivity index (χ1) is 8.58. The third-order valence-corrected chi connectivity index (χ3v) is 2.89. The van der Waals surface area contributed by atoms with Gasteiger partial charge in [-0.3, -0.25) is 9.78 Å². The van der Waals surface area contributed by atoms with Gasteiger partial charge in [0.05, 0.1) is 10.2 Å². The van der Waals surface area contributed by atoms with Crippen molar-refractivity contribution in [2.24, 2.45) is 0 Å². The molecule has 1 heterocycles. The molecule has 0 fully saturated rings. The maximum atomic E-state index is 11.9. The first kappa shape index (κ1) is 12.4. The van der Waals surface area contributed by atoms with E-state index in [2.05, 4.69) is 26.2 Å². The minimum absolute atomic E-state index is 0.244. The van der Waals surface area contributed by atoms with Crippen molar-refractivity contribution in [3.8, 4) is 11.5 Å². The van der Waals surface area contributed by atoms with Crippen LogP contribution in [0.15, 0.2) is 41.1 Å². The second kappa shape index (κ2) is 5.05. The first-order valence-corrected chi connectivity index (χ1v) is 5.80. The average Bonchev–Trinajstić information content (AvgIpc) is 2.35. The summed E-state index contributed by atoms with van der Waals surface area (Å²) in [5, 5.41) is 21.1. The monoisotopic (exact) mass is 308 g/mol. The summed E-state index contributed by atoms with van der Waals surface area (Å²) in [6, 6.07) is 5.51. The topological polar surface area (TPSA) is 82.5 Å². The lowest BCUT2D eigenvalue weighted by Gasteiger charge is -2.07. The number of hydrogen-bond donors (Lipinski definition) is 3. The largest absolute Gasteiger partial charge is 0.504 e. The molecule has 1 amide bonds. The number of hydrogen-bond acceptors (Lipinski definition) is 4. The van der Waals surface area contributed by atoms with Crippen molar-refractivity contribution >= 4 is 27.5 Å². The Kier molecular flexibility index (Phi) is 3.47. The van der Waals surface area contributed by atoms with Crippen molar-refractivity contribution < 1.29 is 15.0 Å². The molecule has 0 aliphatic heterocycles. The average molecular weight is 309 g/mol. The molecule has 3 N–H and O–H groups in total. The molecule has 1 aromatic heterocycles. The zero-order valence-electron chi connectivity index (χ0n) is 9.09. The summed E-state index contributed by atoms with van der Waals surface area (Å²) in [6.07, 6.45) is 3.11. The van der Waals surface area contributed by atoms with Gasteiger partial charge in [0, 0.05) is 18.0 Å². The van der Waals surface area contributed by atoms with Gasteiger partial charge in [0.15, 0.2) is 11.5 Å². The predicted octanol–water partition coefficient (Wildman–Crippen LogP) is 2.51. The highest BCUT2D eigenvalue weighted by Gasteiger charge is 2.10. The number of halogens is 1. The van der Waals surface area contributed by atoms with Crippen LogP contribution in [0.1, 0.15) is 10.4 Å². The molecule has 18 heavy (non-hydrogen) atoms. The number of carbonyl (C=O) groups excluding carboxylic acids is 1. The molecular formula is C12H9BrN2O3. The van der Waals surface area contributed by atoms with Crippen molar-refractivity contribution in [1.29, 1.82) is 0 Å². The molecule has 1 aromatic carbocycles. The maximum Gasteiger partial charge on any atom is 0.255 e. The number of phenolic OH excluding ortho intramolecular Hbond substituents is 2. The molecule has 92 valence electrons. The summed E-state index contributed by atoms with van der Waals surface area (Å²) >= 11 is 3.26. The SMILES string of the molecule is O=C(Nc1ccncc1Br)c1ccc(O)c(O)c1. The zero-order valence-corrected chi connectivity index (χ0v) is 10.7. The molecule has 5 nitrogen and oxygen atoms in total. The van der Waals surface area contributed by atoms with Crippen LogP contribution in [0.5, 0.6) is 11.5 Å². The van der Waals surface area contributed by atoms with E-state index in [1.165, 1.54) is 18.2 Å². The second-order valence-corrected chi connectivity index (χ2v) is 4.37. The number of benzene rings is 1. The number of anilines is 1. The Morgan fingerprint density at radius 3 is 2.67 bits per heavy atom. The van der Waals surface area contributed by atoms with Gasteiger partial charge in [-0.1, -0.05) is 0 Å². The Morgan fingerprint density at radius 1 is 1.22 bits per heavy atom. The van der Waals surface area contributed by atoms with Gasteiger partial charge < -0.3 is 15.5 Å². The Labute approximate surface area is 111 Å². The summed E-state index contributed by atoms with van der Waals surface area (Å²) in [4.78, 5) is 15.8. The van der Waals surface area contributed by atoms with Crippen LogP contribution in [0.3, 0.4) is 0 Å². The van der Waals surface area contributed by atoms with E-state index in [0.29, 0.717) is 10.2 Å². The minimum Gasteiger partial charge on any atom is -0.504 e. The zero-order chi connectivity index (χ0) is 13.1. The molecule has 2 rings (SSSR count). The highest BCUT2D eigenvalue weighted by Crippen LogP contribution is 2.26. The molecule has 2 aromatic rings. The van der Waals surface area contributed by atoms with Gasteiger partial charge in [-0.15, -0.1) is 0 Å². The molecule has 0 unspecified atom stereocenters. The van der Waals surface area contributed by atoms with Crippen LogP contribution in [-0.4, -0.2) is 21.1 Å². The van der Waals surface area contributed by atoms with Gasteiger partial charge in [-0.2, -0.15) is 0 Å². The normalized spacial score (nSPS) is 10.1. The number of nitrogens with zero attached hydrogens (tertiary/aromatic N) is 1. The Hall–Kier alpha value is -2.08. The van der Waals surface area contributed by atoms with Crippen LogP contribution in [-0.2, 0) is 0 Å². The van der Waals surface area contributed by atoms with Crippen LogP contribution >= 0.6 is 15.9 Å². The van der Waals surface area contributed by atoms with E-state index < -0.39 is 5.91 Å². The summed E-state index contributed by atoms with van der Waals surface area (Å²) in [6.45, 7) is 0. The number of pyridine rings is 1. The molecule has 0 radical (unpaired) electrons. The second-order valence-electron chi connectivity index (χ2n) is 3.51. The lowest BCUT2D eigenvalue weighted by Crippen LogP contribution is -2.12. The minimum atomic E-state index is -0.391. The Morgan fingerprint density at radius 2 is 2.00 bits per heavy atom. The number of aromatic nitrogens is 1. The molecular weight excluding hydrogens is 300 g/mol. The molecule has 6 heteroatoms. The van der Waals surface area contributed by atoms with Crippen molar-refractivity contribution in [2.75, 3.05) is 5.32 Å². The molecule has 0 saturated heterocycles. The van der Waals surface area contributed by atoms with Crippen LogP contribution in [0.2, 0.25) is 0 Å². The third-order valence-electron chi connectivity index (χ3n) is 2.26. The molecule has 0 aliphatic rings. The lowest BCUT2D eigenvalue weighted by atomic mass is 10.2. The number of aromatic hydroxyl groups is 2. The summed E-state index contributed by atoms with van der Waals surface area (Å²) in [5.74, 6) is -0.995. The van der Waals surface area contributed by atoms with Crippen molar-refractivity contribution in [3.63, 3.8) is 0 Å². The van der Waals surface area contributed by atoms with E-state index in [0.717, 1.165) is 0 Å². The molecule has 0 atom stereocenters. The van der Waals surface area contributed by atoms with Crippen LogP contribution in [0, 0.1) is 0 Å².